The van der Waals surface area contributed by atoms with Gasteiger partial charge in [0, 0.05) is 18.2 Å². The summed E-state index contributed by atoms with van der Waals surface area (Å²) >= 11 is 1.63. The number of thiophene rings is 1. The molecule has 2 rings (SSSR count). The number of hydrogen-bond acceptors (Lipinski definition) is 3. The lowest BCUT2D eigenvalue weighted by atomic mass is 10.0. The number of likely N-dealkylation sites (N-methyl/N-ethyl adjacent to an activating group) is 1. The molecular formula is C16H20N3O2S+. The summed E-state index contributed by atoms with van der Waals surface area (Å²) in [6.45, 7) is 0.713. The number of quaternary nitrogens is 1. The summed E-state index contributed by atoms with van der Waals surface area (Å²) in [4.78, 5) is 24.9. The second-order valence-corrected chi connectivity index (χ2v) is 5.85. The minimum atomic E-state index is -0.491. The van der Waals surface area contributed by atoms with Gasteiger partial charge in [0.1, 0.15) is 6.54 Å². The summed E-state index contributed by atoms with van der Waals surface area (Å²) in [5.74, 6) is -0.307. The van der Waals surface area contributed by atoms with Crippen LogP contribution in [0.5, 0.6) is 0 Å². The Balaban J connectivity index is 2.21. The first-order valence-corrected chi connectivity index (χ1v) is 7.97. The van der Waals surface area contributed by atoms with Gasteiger partial charge in [-0.2, -0.15) is 11.3 Å². The zero-order valence-electron chi connectivity index (χ0n) is 12.6. The molecule has 0 aliphatic heterocycles. The molecule has 2 aromatic rings. The second kappa shape index (κ2) is 7.72. The first kappa shape index (κ1) is 16.2. The molecule has 1 aromatic heterocycles. The van der Waals surface area contributed by atoms with Crippen LogP contribution < -0.4 is 15.5 Å². The van der Waals surface area contributed by atoms with Gasteiger partial charge in [0.05, 0.1) is 7.05 Å². The summed E-state index contributed by atoms with van der Waals surface area (Å²) in [5.41, 5.74) is 2.06. The maximum absolute atomic E-state index is 12.5. The van der Waals surface area contributed by atoms with E-state index in [2.05, 4.69) is 16.0 Å². The Morgan fingerprint density at radius 2 is 1.95 bits per heavy atom. The van der Waals surface area contributed by atoms with Crippen molar-refractivity contribution in [2.75, 3.05) is 14.1 Å². The Hall–Kier alpha value is -2.18. The van der Waals surface area contributed by atoms with Crippen LogP contribution in [0.3, 0.4) is 0 Å². The van der Waals surface area contributed by atoms with Gasteiger partial charge in [0.2, 0.25) is 0 Å². The molecule has 0 aliphatic carbocycles. The summed E-state index contributed by atoms with van der Waals surface area (Å²) in [7, 11) is 3.45. The van der Waals surface area contributed by atoms with E-state index in [1.807, 2.05) is 48.8 Å². The predicted octanol–water partition coefficient (Wildman–Crippen LogP) is 0.960. The van der Waals surface area contributed by atoms with Crippen molar-refractivity contribution >= 4 is 23.3 Å². The van der Waals surface area contributed by atoms with Crippen molar-refractivity contribution in [3.05, 3.63) is 58.3 Å². The fourth-order valence-electron chi connectivity index (χ4n) is 2.37. The summed E-state index contributed by atoms with van der Waals surface area (Å²) in [5, 5.41) is 8.88. The number of rotatable bonds is 5. The van der Waals surface area contributed by atoms with Gasteiger partial charge >= 0.3 is 6.03 Å². The molecule has 1 aromatic carbocycles. The molecule has 0 radical (unpaired) electrons. The first-order chi connectivity index (χ1) is 10.6. The van der Waals surface area contributed by atoms with Gasteiger partial charge in [0.15, 0.2) is 6.04 Å². The lowest BCUT2D eigenvalue weighted by Gasteiger charge is -2.24. The fraction of sp³-hybridized carbons (Fsp3) is 0.250. The molecular weight excluding hydrogens is 298 g/mol. The molecule has 3 amide bonds. The van der Waals surface area contributed by atoms with Gasteiger partial charge in [-0.25, -0.2) is 4.79 Å². The highest BCUT2D eigenvalue weighted by Gasteiger charge is 2.30. The number of urea groups is 1. The largest absolute Gasteiger partial charge is 0.341 e. The standard InChI is InChI=1S/C16H19N3O2S/c1-17-16(21)18-15(20)14(13-6-4-3-5-7-13)19(2)10-12-8-9-22-11-12/h3-9,11,14H,10H2,1-2H3,(H2,17,18,20,21)/p+1/t14-/m0/s1. The average molecular weight is 318 g/mol. The third-order valence-corrected chi connectivity index (χ3v) is 4.15. The highest BCUT2D eigenvalue weighted by Crippen LogP contribution is 2.11. The van der Waals surface area contributed by atoms with E-state index in [0.29, 0.717) is 6.54 Å². The molecule has 0 spiro atoms. The molecule has 5 nitrogen and oxygen atoms in total. The second-order valence-electron chi connectivity index (χ2n) is 5.07. The van der Waals surface area contributed by atoms with Crippen molar-refractivity contribution in [1.82, 2.24) is 10.6 Å². The van der Waals surface area contributed by atoms with E-state index in [4.69, 9.17) is 0 Å². The third-order valence-electron chi connectivity index (χ3n) is 3.41. The van der Waals surface area contributed by atoms with E-state index in [-0.39, 0.29) is 5.91 Å². The van der Waals surface area contributed by atoms with Crippen LogP contribution >= 0.6 is 11.3 Å². The van der Waals surface area contributed by atoms with Crippen LogP contribution in [0.2, 0.25) is 0 Å². The van der Waals surface area contributed by atoms with Crippen LogP contribution in [0.1, 0.15) is 17.2 Å². The van der Waals surface area contributed by atoms with Gasteiger partial charge in [-0.15, -0.1) is 0 Å². The number of carbonyl (C=O) groups excluding carboxylic acids is 2. The molecule has 0 fully saturated rings. The quantitative estimate of drug-likeness (QED) is 0.769. The van der Waals surface area contributed by atoms with E-state index in [1.54, 1.807) is 11.3 Å². The molecule has 3 N–H and O–H groups in total. The van der Waals surface area contributed by atoms with Crippen LogP contribution in [0.4, 0.5) is 4.79 Å². The van der Waals surface area contributed by atoms with Gasteiger partial charge < -0.3 is 10.2 Å². The molecule has 0 saturated heterocycles. The topological polar surface area (TPSA) is 62.6 Å². The summed E-state index contributed by atoms with van der Waals surface area (Å²) in [6, 6.07) is 10.6. The molecule has 6 heteroatoms. The normalized spacial score (nSPS) is 13.2. The molecule has 22 heavy (non-hydrogen) atoms. The number of amides is 3. The molecule has 1 unspecified atom stereocenters. The van der Waals surface area contributed by atoms with Crippen LogP contribution in [-0.2, 0) is 11.3 Å². The Morgan fingerprint density at radius 1 is 1.23 bits per heavy atom. The van der Waals surface area contributed by atoms with Crippen LogP contribution in [0.15, 0.2) is 47.2 Å². The smallest absolute Gasteiger partial charge is 0.321 e. The molecule has 0 saturated carbocycles. The SMILES string of the molecule is CNC(=O)NC(=O)[C@H](c1ccccc1)[NH+](C)Cc1ccsc1. The van der Waals surface area contributed by atoms with E-state index < -0.39 is 12.1 Å². The number of imide groups is 1. The number of nitrogens with one attached hydrogen (secondary N) is 3. The Labute approximate surface area is 134 Å². The van der Waals surface area contributed by atoms with Crippen molar-refractivity contribution in [1.29, 1.82) is 0 Å². The van der Waals surface area contributed by atoms with Crippen LogP contribution in [0.25, 0.3) is 0 Å². The lowest BCUT2D eigenvalue weighted by Crippen LogP contribution is -3.09. The van der Waals surface area contributed by atoms with Crippen molar-refractivity contribution in [3.8, 4) is 0 Å². The van der Waals surface area contributed by atoms with Crippen LogP contribution in [-0.4, -0.2) is 26.0 Å². The molecule has 0 aliphatic rings. The Morgan fingerprint density at radius 3 is 2.55 bits per heavy atom. The maximum atomic E-state index is 12.5. The summed E-state index contributed by atoms with van der Waals surface area (Å²) < 4.78 is 0. The first-order valence-electron chi connectivity index (χ1n) is 7.02. The maximum Gasteiger partial charge on any atom is 0.321 e. The zero-order valence-corrected chi connectivity index (χ0v) is 13.4. The number of hydrogen-bond donors (Lipinski definition) is 3. The zero-order chi connectivity index (χ0) is 15.9. The molecule has 2 atom stereocenters. The van der Waals surface area contributed by atoms with Crippen molar-refractivity contribution < 1.29 is 14.5 Å². The highest BCUT2D eigenvalue weighted by atomic mass is 32.1. The third kappa shape index (κ3) is 4.16. The van der Waals surface area contributed by atoms with Gasteiger partial charge in [-0.05, 0) is 16.8 Å². The minimum Gasteiger partial charge on any atom is -0.341 e. The Bertz CT molecular complexity index is 614. The van der Waals surface area contributed by atoms with E-state index in [0.717, 1.165) is 10.5 Å². The molecule has 116 valence electrons. The van der Waals surface area contributed by atoms with E-state index in [9.17, 15) is 9.59 Å². The fourth-order valence-corrected chi connectivity index (χ4v) is 3.04. The monoisotopic (exact) mass is 318 g/mol. The lowest BCUT2D eigenvalue weighted by molar-refractivity contribution is -0.916. The highest BCUT2D eigenvalue weighted by molar-refractivity contribution is 7.07. The van der Waals surface area contributed by atoms with Crippen molar-refractivity contribution in [2.24, 2.45) is 0 Å². The number of carbonyl (C=O) groups is 2. The molecule has 1 heterocycles. The summed E-state index contributed by atoms with van der Waals surface area (Å²) in [6.07, 6.45) is 0. The van der Waals surface area contributed by atoms with E-state index >= 15 is 0 Å². The van der Waals surface area contributed by atoms with Crippen molar-refractivity contribution in [3.63, 3.8) is 0 Å². The number of benzene rings is 1. The minimum absolute atomic E-state index is 0.307. The Kier molecular flexibility index (Phi) is 5.68. The van der Waals surface area contributed by atoms with Gasteiger partial charge in [-0.1, -0.05) is 30.3 Å². The molecule has 0 bridgehead atoms. The van der Waals surface area contributed by atoms with Crippen LogP contribution in [0, 0.1) is 0 Å². The predicted molar refractivity (Wildman–Crippen MR) is 86.7 cm³/mol. The van der Waals surface area contributed by atoms with Crippen molar-refractivity contribution in [2.45, 2.75) is 12.6 Å². The van der Waals surface area contributed by atoms with Gasteiger partial charge in [0.25, 0.3) is 5.91 Å². The average Bonchev–Trinajstić information content (AvgIpc) is 3.01. The van der Waals surface area contributed by atoms with Gasteiger partial charge in [-0.3, -0.25) is 10.1 Å². The van der Waals surface area contributed by atoms with E-state index in [1.165, 1.54) is 12.6 Å².